The first kappa shape index (κ1) is 20.2. The molecular weight excluding hydrogens is 442 g/mol. The van der Waals surface area contributed by atoms with Gasteiger partial charge in [-0.05, 0) is 36.3 Å². The maximum atomic E-state index is 12.5. The lowest BCUT2D eigenvalue weighted by Crippen LogP contribution is -2.39. The summed E-state index contributed by atoms with van der Waals surface area (Å²) in [6, 6.07) is 9.95. The van der Waals surface area contributed by atoms with E-state index in [-0.39, 0.29) is 12.1 Å². The number of hydrogen-bond acceptors (Lipinski definition) is 8. The number of hydrazine groups is 1. The average Bonchev–Trinajstić information content (AvgIpc) is 3.52. The molecular formula is C22H25N7OS2. The van der Waals surface area contributed by atoms with Crippen LogP contribution >= 0.6 is 23.1 Å². The molecule has 2 unspecified atom stereocenters. The van der Waals surface area contributed by atoms with E-state index in [0.717, 1.165) is 29.5 Å². The number of anilines is 1. The average molecular weight is 468 g/mol. The van der Waals surface area contributed by atoms with Crippen molar-refractivity contribution >= 4 is 35.0 Å². The van der Waals surface area contributed by atoms with Crippen molar-refractivity contribution in [2.75, 3.05) is 17.4 Å². The number of nitrogens with one attached hydrogen (secondary N) is 3. The number of carbonyl (C=O) groups excluding carboxylic acids is 1. The molecule has 3 aromatic rings. The standard InChI is InChI=1S/C22H25N7OS2/c1-13-7-8-16-15(9-13)18-19-24-12-25-29(19)21-26-27-22(28(21)20(18)32-16)31-11-17(30)23-10-14-5-3-2-4-6-14/h2-6,13,19,24-25H,7-12H2,1H3,(H,23,30). The zero-order valence-corrected chi connectivity index (χ0v) is 19.4. The molecule has 1 amide bonds. The second-order valence-corrected chi connectivity index (χ2v) is 10.6. The topological polar surface area (TPSA) is 87.1 Å². The Bertz CT molecular complexity index is 1160. The van der Waals surface area contributed by atoms with E-state index in [9.17, 15) is 4.79 Å². The number of rotatable bonds is 5. The van der Waals surface area contributed by atoms with Gasteiger partial charge >= 0.3 is 0 Å². The third kappa shape index (κ3) is 3.42. The summed E-state index contributed by atoms with van der Waals surface area (Å²) in [5.74, 6) is 1.78. The number of amides is 1. The van der Waals surface area contributed by atoms with Crippen LogP contribution in [0.25, 0.3) is 5.00 Å². The molecule has 0 spiro atoms. The lowest BCUT2D eigenvalue weighted by atomic mass is 9.87. The minimum atomic E-state index is -0.00891. The Labute approximate surface area is 194 Å². The van der Waals surface area contributed by atoms with Crippen LogP contribution in [0.4, 0.5) is 5.95 Å². The summed E-state index contributed by atoms with van der Waals surface area (Å²) in [6.45, 7) is 3.57. The maximum absolute atomic E-state index is 12.5. The molecule has 3 aliphatic rings. The van der Waals surface area contributed by atoms with E-state index >= 15 is 0 Å². The van der Waals surface area contributed by atoms with Crippen molar-refractivity contribution in [3.05, 3.63) is 51.9 Å². The van der Waals surface area contributed by atoms with Crippen LogP contribution in [0.15, 0.2) is 35.5 Å². The van der Waals surface area contributed by atoms with Gasteiger partial charge in [0.25, 0.3) is 0 Å². The maximum Gasteiger partial charge on any atom is 0.249 e. The number of thioether (sulfide) groups is 1. The number of aromatic nitrogens is 3. The highest BCUT2D eigenvalue weighted by Gasteiger charge is 2.42. The van der Waals surface area contributed by atoms with Crippen molar-refractivity contribution in [1.82, 2.24) is 30.8 Å². The molecule has 2 aliphatic heterocycles. The summed E-state index contributed by atoms with van der Waals surface area (Å²) >= 11 is 3.30. The van der Waals surface area contributed by atoms with Crippen molar-refractivity contribution in [2.45, 2.75) is 44.1 Å². The summed E-state index contributed by atoms with van der Waals surface area (Å²) in [6.07, 6.45) is 3.58. The third-order valence-electron chi connectivity index (χ3n) is 6.30. The second-order valence-electron chi connectivity index (χ2n) is 8.55. The van der Waals surface area contributed by atoms with Crippen LogP contribution in [0.2, 0.25) is 0 Å². The highest BCUT2D eigenvalue weighted by molar-refractivity contribution is 7.99. The third-order valence-corrected chi connectivity index (χ3v) is 8.53. The molecule has 166 valence electrons. The molecule has 2 aromatic heterocycles. The largest absolute Gasteiger partial charge is 0.351 e. The first-order chi connectivity index (χ1) is 15.7. The van der Waals surface area contributed by atoms with Crippen LogP contribution < -0.4 is 21.1 Å². The van der Waals surface area contributed by atoms with E-state index in [1.54, 1.807) is 0 Å². The fraction of sp³-hybridized carbons (Fsp3) is 0.409. The van der Waals surface area contributed by atoms with Crippen molar-refractivity contribution in [1.29, 1.82) is 0 Å². The minimum Gasteiger partial charge on any atom is -0.351 e. The van der Waals surface area contributed by atoms with E-state index in [4.69, 9.17) is 0 Å². The van der Waals surface area contributed by atoms with Crippen molar-refractivity contribution < 1.29 is 4.79 Å². The SMILES string of the molecule is CC1CCc2sc3c(c2C1)C1NCNN1c1nnc(SCC(=O)NCc2ccccc2)n1-3. The van der Waals surface area contributed by atoms with Gasteiger partial charge in [0.05, 0.1) is 12.4 Å². The van der Waals surface area contributed by atoms with E-state index in [1.807, 2.05) is 41.7 Å². The van der Waals surface area contributed by atoms with Crippen LogP contribution in [0.5, 0.6) is 0 Å². The van der Waals surface area contributed by atoms with Crippen LogP contribution in [0, 0.1) is 5.92 Å². The van der Waals surface area contributed by atoms with Crippen LogP contribution in [0.1, 0.15) is 41.1 Å². The molecule has 32 heavy (non-hydrogen) atoms. The molecule has 0 saturated carbocycles. The second kappa shape index (κ2) is 8.18. The molecule has 1 aromatic carbocycles. The predicted octanol–water partition coefficient (Wildman–Crippen LogP) is 2.75. The van der Waals surface area contributed by atoms with Crippen molar-refractivity contribution in [3.8, 4) is 5.00 Å². The Hall–Kier alpha value is -2.40. The summed E-state index contributed by atoms with van der Waals surface area (Å²) in [5, 5.41) is 19.6. The zero-order valence-electron chi connectivity index (χ0n) is 17.8. The van der Waals surface area contributed by atoms with Gasteiger partial charge in [-0.2, -0.15) is 0 Å². The Balaban J connectivity index is 1.26. The van der Waals surface area contributed by atoms with Crippen molar-refractivity contribution in [2.24, 2.45) is 5.92 Å². The minimum absolute atomic E-state index is 0.00891. The summed E-state index contributed by atoms with van der Waals surface area (Å²) in [5.41, 5.74) is 7.33. The molecule has 1 fully saturated rings. The van der Waals surface area contributed by atoms with E-state index in [1.165, 1.54) is 39.2 Å². The van der Waals surface area contributed by atoms with Gasteiger partial charge in [-0.1, -0.05) is 49.0 Å². The number of fused-ring (bicyclic) bond motifs is 8. The quantitative estimate of drug-likeness (QED) is 0.498. The van der Waals surface area contributed by atoms with Gasteiger partial charge in [-0.15, -0.1) is 21.5 Å². The van der Waals surface area contributed by atoms with Gasteiger partial charge < -0.3 is 5.32 Å². The normalized spacial score (nSPS) is 21.0. The molecule has 0 bridgehead atoms. The summed E-state index contributed by atoms with van der Waals surface area (Å²) in [4.78, 5) is 14.0. The number of carbonyl (C=O) groups is 1. The Morgan fingerprint density at radius 3 is 3.06 bits per heavy atom. The molecule has 1 saturated heterocycles. The number of aryl methyl sites for hydroxylation is 1. The number of thiophene rings is 1. The monoisotopic (exact) mass is 467 g/mol. The lowest BCUT2D eigenvalue weighted by molar-refractivity contribution is -0.118. The number of hydrogen-bond donors (Lipinski definition) is 3. The number of nitrogens with zero attached hydrogens (tertiary/aromatic N) is 4. The van der Waals surface area contributed by atoms with Crippen LogP contribution in [0.3, 0.4) is 0 Å². The van der Waals surface area contributed by atoms with E-state index < -0.39 is 0 Å². The fourth-order valence-corrected chi connectivity index (χ4v) is 6.90. The fourth-order valence-electron chi connectivity index (χ4n) is 4.71. The molecule has 1 aliphatic carbocycles. The highest BCUT2D eigenvalue weighted by Crippen LogP contribution is 2.48. The van der Waals surface area contributed by atoms with Crippen LogP contribution in [-0.4, -0.2) is 33.1 Å². The van der Waals surface area contributed by atoms with E-state index in [0.29, 0.717) is 24.9 Å². The van der Waals surface area contributed by atoms with Gasteiger partial charge in [-0.3, -0.25) is 15.1 Å². The molecule has 2 atom stereocenters. The molecule has 0 radical (unpaired) electrons. The predicted molar refractivity (Wildman–Crippen MR) is 126 cm³/mol. The Morgan fingerprint density at radius 2 is 2.19 bits per heavy atom. The Morgan fingerprint density at radius 1 is 1.31 bits per heavy atom. The molecule has 3 N–H and O–H groups in total. The molecule has 10 heteroatoms. The smallest absolute Gasteiger partial charge is 0.249 e. The van der Waals surface area contributed by atoms with Gasteiger partial charge in [0.15, 0.2) is 5.16 Å². The van der Waals surface area contributed by atoms with Crippen molar-refractivity contribution in [3.63, 3.8) is 0 Å². The first-order valence-electron chi connectivity index (χ1n) is 11.0. The molecule has 4 heterocycles. The van der Waals surface area contributed by atoms with Gasteiger partial charge in [0, 0.05) is 17.0 Å². The Kier molecular flexibility index (Phi) is 5.17. The number of benzene rings is 1. The van der Waals surface area contributed by atoms with Gasteiger partial charge in [-0.25, -0.2) is 9.99 Å². The summed E-state index contributed by atoms with van der Waals surface area (Å²) < 4.78 is 2.13. The highest BCUT2D eigenvalue weighted by atomic mass is 32.2. The van der Waals surface area contributed by atoms with Gasteiger partial charge in [0.2, 0.25) is 11.9 Å². The lowest BCUT2D eigenvalue weighted by Gasteiger charge is -2.31. The molecule has 8 nitrogen and oxygen atoms in total. The zero-order chi connectivity index (χ0) is 21.7. The summed E-state index contributed by atoms with van der Waals surface area (Å²) in [7, 11) is 0. The van der Waals surface area contributed by atoms with E-state index in [2.05, 4.69) is 42.8 Å². The van der Waals surface area contributed by atoms with Gasteiger partial charge in [0.1, 0.15) is 11.2 Å². The van der Waals surface area contributed by atoms with Crippen LogP contribution in [-0.2, 0) is 24.2 Å². The molecule has 6 rings (SSSR count). The first-order valence-corrected chi connectivity index (χ1v) is 12.8.